The first-order valence-electron chi connectivity index (χ1n) is 3.24. The Kier molecular flexibility index (Phi) is 1.12. The number of halogens is 1. The minimum absolute atomic E-state index is 0.723. The zero-order chi connectivity index (χ0) is 5.56. The Morgan fingerprint density at radius 2 is 2.38 bits per heavy atom. The molecule has 1 nitrogen and oxygen atoms in total. The molecule has 0 aliphatic carbocycles. The molecule has 46 valence electrons. The molecule has 2 heterocycles. The third kappa shape index (κ3) is 0.627. The summed E-state index contributed by atoms with van der Waals surface area (Å²) >= 11 is 3.62. The van der Waals surface area contributed by atoms with Crippen LogP contribution in [0.5, 0.6) is 0 Å². The van der Waals surface area contributed by atoms with E-state index in [2.05, 4.69) is 20.8 Å². The Bertz CT molecular complexity index is 103. The second kappa shape index (κ2) is 1.71. The largest absolute Gasteiger partial charge is 0.291 e. The third-order valence-electron chi connectivity index (χ3n) is 2.24. The van der Waals surface area contributed by atoms with E-state index < -0.39 is 0 Å². The lowest BCUT2D eigenvalue weighted by atomic mass is 10.1. The van der Waals surface area contributed by atoms with Gasteiger partial charge in [0, 0.05) is 6.54 Å². The van der Waals surface area contributed by atoms with Crippen molar-refractivity contribution in [3.8, 4) is 0 Å². The summed E-state index contributed by atoms with van der Waals surface area (Å²) in [5.41, 5.74) is 0. The van der Waals surface area contributed by atoms with Crippen molar-refractivity contribution in [3.63, 3.8) is 0 Å². The van der Waals surface area contributed by atoms with E-state index in [0.29, 0.717) is 0 Å². The number of rotatable bonds is 0. The fourth-order valence-electron chi connectivity index (χ4n) is 1.73. The fraction of sp³-hybridized carbons (Fsp3) is 1.00. The monoisotopic (exact) mass is 175 g/mol. The Morgan fingerprint density at radius 1 is 1.50 bits per heavy atom. The number of piperidine rings is 1. The number of hydrogen-bond acceptors (Lipinski definition) is 1. The van der Waals surface area contributed by atoms with Crippen molar-refractivity contribution < 1.29 is 0 Å². The highest BCUT2D eigenvalue weighted by Crippen LogP contribution is 2.35. The number of nitrogens with zero attached hydrogens (tertiary/aromatic N) is 1. The van der Waals surface area contributed by atoms with E-state index in [9.17, 15) is 0 Å². The summed E-state index contributed by atoms with van der Waals surface area (Å²) in [6.07, 6.45) is 2.84. The molecule has 8 heavy (non-hydrogen) atoms. The molecular weight excluding hydrogens is 166 g/mol. The van der Waals surface area contributed by atoms with Gasteiger partial charge < -0.3 is 0 Å². The van der Waals surface area contributed by atoms with E-state index in [-0.39, 0.29) is 0 Å². The van der Waals surface area contributed by atoms with Gasteiger partial charge in [-0.05, 0) is 25.3 Å². The number of alkyl halides is 1. The maximum absolute atomic E-state index is 3.62. The summed E-state index contributed by atoms with van der Waals surface area (Å²) in [5.74, 6) is 1.03. The molecule has 3 atom stereocenters. The van der Waals surface area contributed by atoms with Crippen LogP contribution in [-0.4, -0.2) is 22.9 Å². The van der Waals surface area contributed by atoms with Gasteiger partial charge in [0.1, 0.15) is 0 Å². The van der Waals surface area contributed by atoms with Gasteiger partial charge in [-0.1, -0.05) is 15.9 Å². The lowest BCUT2D eigenvalue weighted by molar-refractivity contribution is 0.345. The molecule has 2 fully saturated rings. The molecule has 0 aromatic rings. The van der Waals surface area contributed by atoms with Crippen LogP contribution < -0.4 is 0 Å². The molecule has 2 heteroatoms. The highest BCUT2D eigenvalue weighted by molar-refractivity contribution is 9.09. The standard InChI is InChI=1S/C6H10BrN/c7-6-3-5-1-2-8(6)4-5/h5-6H,1-4H2. The lowest BCUT2D eigenvalue weighted by Gasteiger charge is -2.17. The van der Waals surface area contributed by atoms with Crippen molar-refractivity contribution in [2.75, 3.05) is 13.1 Å². The summed E-state index contributed by atoms with van der Waals surface area (Å²) in [7, 11) is 0. The summed E-state index contributed by atoms with van der Waals surface area (Å²) < 4.78 is 0. The smallest absolute Gasteiger partial charge is 0.0658 e. The van der Waals surface area contributed by atoms with Crippen molar-refractivity contribution in [2.24, 2.45) is 5.92 Å². The van der Waals surface area contributed by atoms with Crippen LogP contribution in [-0.2, 0) is 0 Å². The van der Waals surface area contributed by atoms with Gasteiger partial charge in [0.05, 0.1) is 4.95 Å². The summed E-state index contributed by atoms with van der Waals surface area (Å²) in [5, 5.41) is 0. The van der Waals surface area contributed by atoms with Gasteiger partial charge in [0.15, 0.2) is 0 Å². The highest BCUT2D eigenvalue weighted by atomic mass is 79.9. The van der Waals surface area contributed by atoms with Crippen LogP contribution in [0.25, 0.3) is 0 Å². The van der Waals surface area contributed by atoms with E-state index in [0.717, 1.165) is 10.9 Å². The minimum Gasteiger partial charge on any atom is -0.291 e. The van der Waals surface area contributed by atoms with Crippen molar-refractivity contribution in [1.82, 2.24) is 4.90 Å². The zero-order valence-corrected chi connectivity index (χ0v) is 6.39. The predicted molar refractivity (Wildman–Crippen MR) is 37.0 cm³/mol. The quantitative estimate of drug-likeness (QED) is 0.398. The Balaban J connectivity index is 2.11. The summed E-state index contributed by atoms with van der Waals surface area (Å²) in [6, 6.07) is 0. The number of fused-ring (bicyclic) bond motifs is 2. The first kappa shape index (κ1) is 5.24. The zero-order valence-electron chi connectivity index (χ0n) is 4.81. The predicted octanol–water partition coefficient (Wildman–Crippen LogP) is 1.43. The Labute approximate surface area is 58.2 Å². The van der Waals surface area contributed by atoms with Crippen molar-refractivity contribution >= 4 is 15.9 Å². The molecule has 2 saturated heterocycles. The van der Waals surface area contributed by atoms with Gasteiger partial charge in [-0.3, -0.25) is 4.90 Å². The maximum Gasteiger partial charge on any atom is 0.0658 e. The molecule has 2 bridgehead atoms. The third-order valence-corrected chi connectivity index (χ3v) is 3.19. The minimum atomic E-state index is 0.723. The van der Waals surface area contributed by atoms with Gasteiger partial charge in [-0.25, -0.2) is 0 Å². The van der Waals surface area contributed by atoms with Crippen molar-refractivity contribution in [3.05, 3.63) is 0 Å². The Hall–Kier alpha value is 0.440. The van der Waals surface area contributed by atoms with E-state index in [1.807, 2.05) is 0 Å². The molecule has 0 amide bonds. The molecule has 3 unspecified atom stereocenters. The molecule has 0 N–H and O–H groups in total. The van der Waals surface area contributed by atoms with Crippen LogP contribution in [0.1, 0.15) is 12.8 Å². The van der Waals surface area contributed by atoms with Crippen LogP contribution in [0.2, 0.25) is 0 Å². The number of hydrogen-bond donors (Lipinski definition) is 0. The average Bonchev–Trinajstić information content (AvgIpc) is 2.23. The SMILES string of the molecule is BrC1CC2CCN1C2. The molecule has 0 aromatic heterocycles. The van der Waals surface area contributed by atoms with Crippen molar-refractivity contribution in [1.29, 1.82) is 0 Å². The maximum atomic E-state index is 3.62. The first-order valence-corrected chi connectivity index (χ1v) is 4.16. The van der Waals surface area contributed by atoms with Gasteiger partial charge in [-0.2, -0.15) is 0 Å². The Morgan fingerprint density at radius 3 is 2.62 bits per heavy atom. The molecule has 0 aromatic carbocycles. The highest BCUT2D eigenvalue weighted by Gasteiger charge is 2.35. The van der Waals surface area contributed by atoms with Crippen LogP contribution in [0, 0.1) is 5.92 Å². The van der Waals surface area contributed by atoms with Gasteiger partial charge >= 0.3 is 0 Å². The van der Waals surface area contributed by atoms with E-state index in [4.69, 9.17) is 0 Å². The van der Waals surface area contributed by atoms with Crippen LogP contribution in [0.4, 0.5) is 0 Å². The molecule has 0 radical (unpaired) electrons. The second-order valence-corrected chi connectivity index (χ2v) is 3.88. The molecular formula is C6H10BrN. The molecule has 2 aliphatic rings. The molecule has 2 aliphatic heterocycles. The van der Waals surface area contributed by atoms with E-state index in [1.165, 1.54) is 25.9 Å². The van der Waals surface area contributed by atoms with Gasteiger partial charge in [0.25, 0.3) is 0 Å². The van der Waals surface area contributed by atoms with Crippen LogP contribution in [0.3, 0.4) is 0 Å². The normalized spacial score (nSPS) is 52.9. The van der Waals surface area contributed by atoms with E-state index >= 15 is 0 Å². The van der Waals surface area contributed by atoms with Crippen LogP contribution >= 0.6 is 15.9 Å². The first-order chi connectivity index (χ1) is 3.86. The van der Waals surface area contributed by atoms with Crippen LogP contribution in [0.15, 0.2) is 0 Å². The lowest BCUT2D eigenvalue weighted by Crippen LogP contribution is -2.23. The van der Waals surface area contributed by atoms with E-state index in [1.54, 1.807) is 0 Å². The molecule has 0 spiro atoms. The summed E-state index contributed by atoms with van der Waals surface area (Å²) in [4.78, 5) is 3.24. The van der Waals surface area contributed by atoms with Gasteiger partial charge in [-0.15, -0.1) is 0 Å². The molecule has 2 rings (SSSR count). The molecule has 0 saturated carbocycles. The van der Waals surface area contributed by atoms with Crippen molar-refractivity contribution in [2.45, 2.75) is 17.8 Å². The second-order valence-electron chi connectivity index (χ2n) is 2.82. The topological polar surface area (TPSA) is 3.24 Å². The average molecular weight is 176 g/mol. The summed E-state index contributed by atoms with van der Waals surface area (Å²) in [6.45, 7) is 2.69. The van der Waals surface area contributed by atoms with Gasteiger partial charge in [0.2, 0.25) is 0 Å². The fourth-order valence-corrected chi connectivity index (χ4v) is 2.63.